The fraction of sp³-hybridized carbons (Fsp3) is 0.400. The standard InChI is InChI=1S/C8H6N.C5H5.7CH3.2ClH.Zr/c1-2-4-8-7(3-1)5-6-9-8;1-2-4-5-3-1;;;;;;;;;;/h1-5,9H;1-3H,4H2;7*1H3;2*1H;. The molecule has 1 aromatic heterocycles. The Hall–Kier alpha value is -0.297. The first kappa shape index (κ1) is 21.7. The summed E-state index contributed by atoms with van der Waals surface area (Å²) >= 11 is -5.21. The molecule has 0 saturated carbocycles. The molecule has 0 spiro atoms. The van der Waals surface area contributed by atoms with Gasteiger partial charge >= 0.3 is 123 Å². The summed E-state index contributed by atoms with van der Waals surface area (Å²) in [4.78, 5) is 3.82. The Balaban J connectivity index is 0.00000144. The summed E-state index contributed by atoms with van der Waals surface area (Å²) in [5.74, 6) is 0. The quantitative estimate of drug-likeness (QED) is 0.484. The van der Waals surface area contributed by atoms with Crippen LogP contribution in [-0.4, -0.2) is 4.98 Å². The fourth-order valence-corrected chi connectivity index (χ4v) is 18.0. The molecule has 1 N–H and O–H groups in total. The molecule has 0 saturated heterocycles. The summed E-state index contributed by atoms with van der Waals surface area (Å²) in [6, 6.07) is 11.0. The van der Waals surface area contributed by atoms with Crippen molar-refractivity contribution in [2.75, 3.05) is 0 Å². The molecular weight excluding hydrogens is 416 g/mol. The Kier molecular flexibility index (Phi) is 2.91. The third-order valence-corrected chi connectivity index (χ3v) is 30.1. The molecule has 0 bridgehead atoms. The minimum absolute atomic E-state index is 0. The van der Waals surface area contributed by atoms with Gasteiger partial charge in [0.25, 0.3) is 0 Å². The molecule has 0 unspecified atom stereocenters. The van der Waals surface area contributed by atoms with E-state index in [1.54, 1.807) is 3.28 Å². The van der Waals surface area contributed by atoms with Gasteiger partial charge in [-0.3, -0.25) is 0 Å². The van der Waals surface area contributed by atoms with Crippen LogP contribution in [0.1, 0.15) is 6.42 Å². The van der Waals surface area contributed by atoms with Crippen molar-refractivity contribution in [3.63, 3.8) is 0 Å². The summed E-state index contributed by atoms with van der Waals surface area (Å²) in [6.07, 6.45) is 7.90. The van der Waals surface area contributed by atoms with Gasteiger partial charge in [-0.1, -0.05) is 0 Å². The van der Waals surface area contributed by atoms with Crippen LogP contribution >= 0.6 is 24.8 Å². The van der Waals surface area contributed by atoms with Gasteiger partial charge in [0.1, 0.15) is 0 Å². The van der Waals surface area contributed by atoms with E-state index >= 15 is 0 Å². The summed E-state index contributed by atoms with van der Waals surface area (Å²) in [5.41, 5.74) is 1.22. The number of aromatic amines is 1. The van der Waals surface area contributed by atoms with E-state index in [9.17, 15) is 0 Å². The number of halogens is 2. The van der Waals surface area contributed by atoms with Crippen molar-refractivity contribution in [3.8, 4) is 0 Å². The van der Waals surface area contributed by atoms with Crippen molar-refractivity contribution in [1.82, 2.24) is 4.98 Å². The van der Waals surface area contributed by atoms with Crippen LogP contribution < -0.4 is 3.40 Å². The number of rotatable bonds is 2. The number of allylic oxidation sites excluding steroid dienone is 4. The number of nitrogens with one attached hydrogen (secondary N) is 1. The zero-order valence-corrected chi connectivity index (χ0v) is 20.2. The number of aromatic nitrogens is 1. The van der Waals surface area contributed by atoms with Crippen molar-refractivity contribution in [3.05, 3.63) is 51.8 Å². The Morgan fingerprint density at radius 2 is 1.46 bits per heavy atom. The SMILES string of the molecule is Cl.Cl.[CH3][Zr]([CH3])([CH3])([CH3])([CH3])([CH3])([CH3])([C]1=CC=CC1)[c]1cc2ccccc2[nH]1. The first-order valence-electron chi connectivity index (χ1n) is 8.62. The molecule has 1 aliphatic rings. The second kappa shape index (κ2) is 3.21. The van der Waals surface area contributed by atoms with Crippen molar-refractivity contribution in [2.24, 2.45) is 0 Å². The van der Waals surface area contributed by atoms with E-state index in [0.29, 0.717) is 0 Å². The summed E-state index contributed by atoms with van der Waals surface area (Å²) in [5, 5.41) is 1.29. The van der Waals surface area contributed by atoms with Crippen LogP contribution in [0.3, 0.4) is 0 Å². The molecule has 0 fully saturated rings. The van der Waals surface area contributed by atoms with Gasteiger partial charge < -0.3 is 0 Å². The van der Waals surface area contributed by atoms with Gasteiger partial charge in [-0.15, -0.1) is 24.8 Å². The van der Waals surface area contributed by atoms with E-state index in [1.165, 1.54) is 14.3 Å². The van der Waals surface area contributed by atoms with Crippen molar-refractivity contribution >= 4 is 39.1 Å². The Bertz CT molecular complexity index is 922. The second-order valence-electron chi connectivity index (χ2n) is 17.7. The molecular formula is C20H34Cl2NZr. The van der Waals surface area contributed by atoms with E-state index < -0.39 is 12.8 Å². The van der Waals surface area contributed by atoms with Crippen LogP contribution in [0.25, 0.3) is 10.9 Å². The predicted octanol–water partition coefficient (Wildman–Crippen LogP) is 7.65. The zero-order valence-electron chi connectivity index (χ0n) is 16.1. The van der Waals surface area contributed by atoms with Crippen LogP contribution in [0, 0.1) is 0 Å². The molecule has 137 valence electrons. The molecule has 24 heavy (non-hydrogen) atoms. The number of hydrogen-bond donors (Lipinski definition) is 1. The van der Waals surface area contributed by atoms with E-state index in [1.807, 2.05) is 0 Å². The normalized spacial score (nSPS) is 23.1. The van der Waals surface area contributed by atoms with E-state index in [-0.39, 0.29) is 24.8 Å². The van der Waals surface area contributed by atoms with Crippen LogP contribution in [0.4, 0.5) is 0 Å². The Morgan fingerprint density at radius 3 is 1.96 bits per heavy atom. The van der Waals surface area contributed by atoms with E-state index in [4.69, 9.17) is 0 Å². The van der Waals surface area contributed by atoms with Gasteiger partial charge in [0, 0.05) is 0 Å². The molecule has 1 nitrogen and oxygen atoms in total. The molecule has 0 aliphatic heterocycles. The molecule has 0 radical (unpaired) electrons. The maximum atomic E-state index is 3.82. The predicted molar refractivity (Wildman–Crippen MR) is 115 cm³/mol. The minimum atomic E-state index is -5.21. The first-order chi connectivity index (χ1) is 9.32. The van der Waals surface area contributed by atoms with Gasteiger partial charge in [0.15, 0.2) is 0 Å². The van der Waals surface area contributed by atoms with Gasteiger partial charge in [-0.05, 0) is 0 Å². The third kappa shape index (κ3) is 2.79. The monoisotopic (exact) mass is 448 g/mol. The molecule has 1 aromatic carbocycles. The zero-order chi connectivity index (χ0) is 16.7. The maximum absolute atomic E-state index is 5.21. The molecule has 0 atom stereocenters. The average Bonchev–Trinajstić information content (AvgIpc) is 2.97. The van der Waals surface area contributed by atoms with Gasteiger partial charge in [-0.25, -0.2) is 0 Å². The van der Waals surface area contributed by atoms with Crippen molar-refractivity contribution in [2.45, 2.75) is 38.8 Å². The number of para-hydroxylation sites is 1. The molecule has 4 heteroatoms. The number of benzene rings is 1. The fourth-order valence-electron chi connectivity index (χ4n) is 4.09. The Morgan fingerprint density at radius 1 is 0.875 bits per heavy atom. The van der Waals surface area contributed by atoms with Crippen LogP contribution in [-0.2, 0) is 12.8 Å². The van der Waals surface area contributed by atoms with Gasteiger partial charge in [-0.2, -0.15) is 0 Å². The number of hydrogen-bond acceptors (Lipinski definition) is 0. The average molecular weight is 451 g/mol. The van der Waals surface area contributed by atoms with Crippen molar-refractivity contribution < 1.29 is 12.8 Å². The van der Waals surface area contributed by atoms with Crippen molar-refractivity contribution in [1.29, 1.82) is 0 Å². The summed E-state index contributed by atoms with van der Waals surface area (Å²) in [6.45, 7) is 0. The van der Waals surface area contributed by atoms with Crippen LogP contribution in [0.2, 0.25) is 32.4 Å². The van der Waals surface area contributed by atoms with E-state index in [2.05, 4.69) is 86.0 Å². The molecule has 0 amide bonds. The topological polar surface area (TPSA) is 15.8 Å². The molecule has 1 heterocycles. The van der Waals surface area contributed by atoms with Crippen LogP contribution in [0.5, 0.6) is 0 Å². The van der Waals surface area contributed by atoms with Gasteiger partial charge in [0.2, 0.25) is 0 Å². The third-order valence-electron chi connectivity index (χ3n) is 6.73. The first-order valence-corrected chi connectivity index (χ1v) is 28.3. The van der Waals surface area contributed by atoms with Crippen LogP contribution in [0.15, 0.2) is 51.8 Å². The molecule has 2 aromatic rings. The second-order valence-corrected chi connectivity index (χ2v) is 90.1. The van der Waals surface area contributed by atoms with E-state index in [0.717, 1.165) is 6.42 Å². The number of H-pyrrole nitrogens is 1. The van der Waals surface area contributed by atoms with Gasteiger partial charge in [0.05, 0.1) is 0 Å². The summed E-state index contributed by atoms with van der Waals surface area (Å²) in [7, 11) is 0. The summed E-state index contributed by atoms with van der Waals surface area (Å²) < 4.78 is 20.8. The molecule has 1 aliphatic carbocycles. The Labute approximate surface area is 146 Å². The molecule has 3 rings (SSSR count). The number of fused-ring (bicyclic) bond motifs is 1.